The van der Waals surface area contributed by atoms with Crippen LogP contribution in [0, 0.1) is 12.8 Å². The first-order valence-corrected chi connectivity index (χ1v) is 8.10. The first-order chi connectivity index (χ1) is 9.60. The fourth-order valence-corrected chi connectivity index (χ4v) is 2.28. The predicted octanol–water partition coefficient (Wildman–Crippen LogP) is 5.41. The molecule has 0 aliphatic carbocycles. The highest BCUT2D eigenvalue weighted by molar-refractivity contribution is 5.58. The van der Waals surface area contributed by atoms with Gasteiger partial charge in [0.25, 0.3) is 0 Å². The summed E-state index contributed by atoms with van der Waals surface area (Å²) in [7, 11) is 0. The zero-order chi connectivity index (χ0) is 15.0. The van der Waals surface area contributed by atoms with Gasteiger partial charge in [-0.05, 0) is 49.8 Å². The van der Waals surface area contributed by atoms with E-state index in [4.69, 9.17) is 4.74 Å². The second-order valence-corrected chi connectivity index (χ2v) is 5.85. The van der Waals surface area contributed by atoms with Crippen LogP contribution in [0.5, 0.6) is 5.75 Å². The molecule has 20 heavy (non-hydrogen) atoms. The first kappa shape index (κ1) is 16.9. The fraction of sp³-hybridized carbons (Fsp3) is 0.667. The SMILES string of the molecule is CCCOc1cc(C)ccc1NC(CC)CC(C)CC. The molecule has 0 radical (unpaired) electrons. The van der Waals surface area contributed by atoms with Gasteiger partial charge in [0.2, 0.25) is 0 Å². The summed E-state index contributed by atoms with van der Waals surface area (Å²) in [5.74, 6) is 1.76. The van der Waals surface area contributed by atoms with Crippen molar-refractivity contribution in [3.05, 3.63) is 23.8 Å². The Morgan fingerprint density at radius 1 is 1.15 bits per heavy atom. The number of nitrogens with one attached hydrogen (secondary N) is 1. The van der Waals surface area contributed by atoms with Crippen LogP contribution in [-0.2, 0) is 0 Å². The van der Waals surface area contributed by atoms with Gasteiger partial charge in [0, 0.05) is 6.04 Å². The van der Waals surface area contributed by atoms with Crippen LogP contribution in [0.15, 0.2) is 18.2 Å². The maximum atomic E-state index is 5.88. The molecule has 0 saturated heterocycles. The second-order valence-electron chi connectivity index (χ2n) is 5.85. The molecule has 0 spiro atoms. The molecule has 2 nitrogen and oxygen atoms in total. The third kappa shape index (κ3) is 5.44. The Bertz CT molecular complexity index is 389. The number of hydrogen-bond donors (Lipinski definition) is 1. The van der Waals surface area contributed by atoms with E-state index in [1.807, 2.05) is 0 Å². The Morgan fingerprint density at radius 3 is 2.50 bits per heavy atom. The van der Waals surface area contributed by atoms with Crippen molar-refractivity contribution < 1.29 is 4.74 Å². The van der Waals surface area contributed by atoms with Crippen molar-refractivity contribution in [1.29, 1.82) is 0 Å². The standard InChI is InChI=1S/C18H31NO/c1-6-11-20-18-13-15(5)9-10-17(18)19-16(8-3)12-14(4)7-2/h9-10,13-14,16,19H,6-8,11-12H2,1-5H3. The number of rotatable bonds is 9. The lowest BCUT2D eigenvalue weighted by Crippen LogP contribution is -2.21. The number of hydrogen-bond acceptors (Lipinski definition) is 2. The Labute approximate surface area is 124 Å². The highest BCUT2D eigenvalue weighted by atomic mass is 16.5. The second kappa shape index (κ2) is 8.89. The van der Waals surface area contributed by atoms with Crippen LogP contribution in [0.3, 0.4) is 0 Å². The van der Waals surface area contributed by atoms with E-state index in [2.05, 4.69) is 58.1 Å². The molecule has 114 valence electrons. The molecule has 1 aromatic rings. The Hall–Kier alpha value is -1.18. The van der Waals surface area contributed by atoms with Crippen LogP contribution in [0.25, 0.3) is 0 Å². The molecule has 1 rings (SSSR count). The molecular weight excluding hydrogens is 246 g/mol. The van der Waals surface area contributed by atoms with Crippen LogP contribution < -0.4 is 10.1 Å². The largest absolute Gasteiger partial charge is 0.491 e. The summed E-state index contributed by atoms with van der Waals surface area (Å²) in [6, 6.07) is 6.96. The molecule has 0 heterocycles. The fourth-order valence-electron chi connectivity index (χ4n) is 2.28. The van der Waals surface area contributed by atoms with Gasteiger partial charge in [-0.2, -0.15) is 0 Å². The maximum Gasteiger partial charge on any atom is 0.142 e. The topological polar surface area (TPSA) is 21.3 Å². The number of benzene rings is 1. The summed E-state index contributed by atoms with van der Waals surface area (Å²) >= 11 is 0. The van der Waals surface area contributed by atoms with Crippen molar-refractivity contribution in [2.24, 2.45) is 5.92 Å². The van der Waals surface area contributed by atoms with Crippen LogP contribution in [0.4, 0.5) is 5.69 Å². The monoisotopic (exact) mass is 277 g/mol. The predicted molar refractivity (Wildman–Crippen MR) is 88.7 cm³/mol. The van der Waals surface area contributed by atoms with E-state index in [-0.39, 0.29) is 0 Å². The maximum absolute atomic E-state index is 5.88. The normalized spacial score (nSPS) is 13.8. The Balaban J connectivity index is 2.77. The molecular formula is C18H31NO. The molecule has 2 unspecified atom stereocenters. The Morgan fingerprint density at radius 2 is 1.90 bits per heavy atom. The zero-order valence-corrected chi connectivity index (χ0v) is 13.8. The lowest BCUT2D eigenvalue weighted by atomic mass is 9.97. The number of anilines is 1. The molecule has 0 saturated carbocycles. The third-order valence-corrected chi connectivity index (χ3v) is 3.84. The van der Waals surface area contributed by atoms with Crippen LogP contribution in [0.2, 0.25) is 0 Å². The van der Waals surface area contributed by atoms with Crippen LogP contribution in [-0.4, -0.2) is 12.6 Å². The summed E-state index contributed by atoms with van der Waals surface area (Å²) < 4.78 is 5.88. The molecule has 2 heteroatoms. The molecule has 0 fully saturated rings. The minimum atomic E-state index is 0.525. The van der Waals surface area contributed by atoms with Crippen molar-refractivity contribution in [2.75, 3.05) is 11.9 Å². The van der Waals surface area contributed by atoms with E-state index in [1.165, 1.54) is 18.4 Å². The van der Waals surface area contributed by atoms with E-state index < -0.39 is 0 Å². The van der Waals surface area contributed by atoms with Crippen LogP contribution >= 0.6 is 0 Å². The van der Waals surface area contributed by atoms with E-state index in [9.17, 15) is 0 Å². The smallest absolute Gasteiger partial charge is 0.142 e. The van der Waals surface area contributed by atoms with Crippen molar-refractivity contribution >= 4 is 5.69 Å². The molecule has 0 aliphatic heterocycles. The highest BCUT2D eigenvalue weighted by Gasteiger charge is 2.13. The van der Waals surface area contributed by atoms with E-state index >= 15 is 0 Å². The summed E-state index contributed by atoms with van der Waals surface area (Å²) in [5.41, 5.74) is 2.39. The Kier molecular flexibility index (Phi) is 7.50. The molecule has 1 N–H and O–H groups in total. The van der Waals surface area contributed by atoms with E-state index in [0.717, 1.165) is 36.8 Å². The minimum absolute atomic E-state index is 0.525. The summed E-state index contributed by atoms with van der Waals surface area (Å²) in [4.78, 5) is 0. The average molecular weight is 277 g/mol. The van der Waals surface area contributed by atoms with Crippen molar-refractivity contribution in [3.63, 3.8) is 0 Å². The summed E-state index contributed by atoms with van der Waals surface area (Å²) in [5, 5.41) is 3.67. The zero-order valence-electron chi connectivity index (χ0n) is 13.8. The summed E-state index contributed by atoms with van der Waals surface area (Å²) in [6.45, 7) is 11.9. The van der Waals surface area contributed by atoms with Crippen molar-refractivity contribution in [1.82, 2.24) is 0 Å². The molecule has 1 aromatic carbocycles. The quantitative estimate of drug-likeness (QED) is 0.651. The van der Waals surface area contributed by atoms with Gasteiger partial charge >= 0.3 is 0 Å². The van der Waals surface area contributed by atoms with Gasteiger partial charge < -0.3 is 10.1 Å². The van der Waals surface area contributed by atoms with Gasteiger partial charge in [-0.25, -0.2) is 0 Å². The molecule has 2 atom stereocenters. The lowest BCUT2D eigenvalue weighted by Gasteiger charge is -2.23. The van der Waals surface area contributed by atoms with E-state index in [1.54, 1.807) is 0 Å². The van der Waals surface area contributed by atoms with Crippen LogP contribution in [0.1, 0.15) is 58.9 Å². The first-order valence-electron chi connectivity index (χ1n) is 8.10. The van der Waals surface area contributed by atoms with Gasteiger partial charge in [0.1, 0.15) is 5.75 Å². The number of aryl methyl sites for hydroxylation is 1. The van der Waals surface area contributed by atoms with Gasteiger partial charge in [0.15, 0.2) is 0 Å². The molecule has 0 aliphatic rings. The van der Waals surface area contributed by atoms with Crippen molar-refractivity contribution in [3.8, 4) is 5.75 Å². The molecule has 0 aromatic heterocycles. The van der Waals surface area contributed by atoms with Gasteiger partial charge in [-0.15, -0.1) is 0 Å². The molecule has 0 amide bonds. The minimum Gasteiger partial charge on any atom is -0.491 e. The van der Waals surface area contributed by atoms with Gasteiger partial charge in [0.05, 0.1) is 12.3 Å². The molecule has 0 bridgehead atoms. The third-order valence-electron chi connectivity index (χ3n) is 3.84. The lowest BCUT2D eigenvalue weighted by molar-refractivity contribution is 0.318. The van der Waals surface area contributed by atoms with Gasteiger partial charge in [-0.3, -0.25) is 0 Å². The van der Waals surface area contributed by atoms with Gasteiger partial charge in [-0.1, -0.05) is 40.2 Å². The van der Waals surface area contributed by atoms with Crippen molar-refractivity contribution in [2.45, 2.75) is 66.3 Å². The number of ether oxygens (including phenoxy) is 1. The van der Waals surface area contributed by atoms with E-state index in [0.29, 0.717) is 6.04 Å². The average Bonchev–Trinajstić information content (AvgIpc) is 2.46. The summed E-state index contributed by atoms with van der Waals surface area (Å²) in [6.07, 6.45) is 4.64. The highest BCUT2D eigenvalue weighted by Crippen LogP contribution is 2.28.